The zero-order chi connectivity index (χ0) is 14.8. The third-order valence-corrected chi connectivity index (χ3v) is 4.32. The van der Waals surface area contributed by atoms with E-state index in [-0.39, 0.29) is 6.04 Å². The smallest absolute Gasteiger partial charge is 0.0725 e. The largest absolute Gasteiger partial charge is 0.372 e. The maximum absolute atomic E-state index is 5.54. The van der Waals surface area contributed by atoms with Crippen LogP contribution in [0.1, 0.15) is 46.3 Å². The van der Waals surface area contributed by atoms with E-state index in [1.807, 2.05) is 0 Å². The van der Waals surface area contributed by atoms with Gasteiger partial charge < -0.3 is 10.1 Å². The van der Waals surface area contributed by atoms with Gasteiger partial charge in [-0.3, -0.25) is 0 Å². The number of nitrogens with one attached hydrogen (secondary N) is 1. The van der Waals surface area contributed by atoms with Gasteiger partial charge in [0.2, 0.25) is 0 Å². The van der Waals surface area contributed by atoms with Crippen LogP contribution in [0.5, 0.6) is 0 Å². The van der Waals surface area contributed by atoms with Crippen molar-refractivity contribution in [2.24, 2.45) is 0 Å². The number of fused-ring (bicyclic) bond motifs is 1. The molecule has 1 heterocycles. The third-order valence-electron chi connectivity index (χ3n) is 4.32. The Labute approximate surface area is 127 Å². The van der Waals surface area contributed by atoms with Gasteiger partial charge in [0.1, 0.15) is 0 Å². The SMILES string of the molecule is CCNC(c1ccc2c(c1)COC2)c1c(C)cccc1C. The highest BCUT2D eigenvalue weighted by Crippen LogP contribution is 2.30. The number of hydrogen-bond acceptors (Lipinski definition) is 2. The molecule has 0 bridgehead atoms. The summed E-state index contributed by atoms with van der Waals surface area (Å²) in [7, 11) is 0. The van der Waals surface area contributed by atoms with Crippen molar-refractivity contribution < 1.29 is 4.74 Å². The molecule has 0 amide bonds. The summed E-state index contributed by atoms with van der Waals surface area (Å²) in [6.07, 6.45) is 0. The van der Waals surface area contributed by atoms with Crippen LogP contribution in [0.4, 0.5) is 0 Å². The van der Waals surface area contributed by atoms with Crippen LogP contribution in [-0.2, 0) is 18.0 Å². The van der Waals surface area contributed by atoms with Crippen molar-refractivity contribution in [1.82, 2.24) is 5.32 Å². The number of aryl methyl sites for hydroxylation is 2. The molecule has 3 rings (SSSR count). The summed E-state index contributed by atoms with van der Waals surface area (Å²) < 4.78 is 5.54. The van der Waals surface area contributed by atoms with Crippen molar-refractivity contribution in [1.29, 1.82) is 0 Å². The maximum atomic E-state index is 5.54. The summed E-state index contributed by atoms with van der Waals surface area (Å²) >= 11 is 0. The summed E-state index contributed by atoms with van der Waals surface area (Å²) in [6, 6.07) is 13.5. The molecule has 0 spiro atoms. The molecule has 2 aromatic carbocycles. The van der Waals surface area contributed by atoms with E-state index in [1.165, 1.54) is 33.4 Å². The topological polar surface area (TPSA) is 21.3 Å². The fourth-order valence-electron chi connectivity index (χ4n) is 3.24. The molecule has 0 aromatic heterocycles. The molecule has 0 aliphatic carbocycles. The second kappa shape index (κ2) is 6.00. The van der Waals surface area contributed by atoms with Crippen LogP contribution >= 0.6 is 0 Å². The Morgan fingerprint density at radius 1 is 1.05 bits per heavy atom. The van der Waals surface area contributed by atoms with Gasteiger partial charge in [-0.25, -0.2) is 0 Å². The van der Waals surface area contributed by atoms with Gasteiger partial charge in [-0.2, -0.15) is 0 Å². The summed E-state index contributed by atoms with van der Waals surface area (Å²) in [5.74, 6) is 0. The highest BCUT2D eigenvalue weighted by Gasteiger charge is 2.20. The standard InChI is InChI=1S/C19H23NO/c1-4-20-19(18-13(2)6-5-7-14(18)3)15-8-9-16-11-21-12-17(16)10-15/h5-10,19-20H,4,11-12H2,1-3H3. The Kier molecular flexibility index (Phi) is 4.09. The van der Waals surface area contributed by atoms with Crippen molar-refractivity contribution in [3.8, 4) is 0 Å². The molecule has 1 aliphatic rings. The van der Waals surface area contributed by atoms with Gasteiger partial charge in [-0.05, 0) is 53.8 Å². The predicted octanol–water partition coefficient (Wildman–Crippen LogP) is 4.03. The average molecular weight is 281 g/mol. The first-order valence-electron chi connectivity index (χ1n) is 7.69. The van der Waals surface area contributed by atoms with Crippen molar-refractivity contribution in [3.05, 3.63) is 69.8 Å². The molecule has 0 radical (unpaired) electrons. The Balaban J connectivity index is 2.06. The Hall–Kier alpha value is -1.64. The third kappa shape index (κ3) is 2.74. The van der Waals surface area contributed by atoms with E-state index >= 15 is 0 Å². The van der Waals surface area contributed by atoms with Crippen LogP contribution in [0.3, 0.4) is 0 Å². The number of hydrogen-bond donors (Lipinski definition) is 1. The van der Waals surface area contributed by atoms with E-state index in [1.54, 1.807) is 0 Å². The number of benzene rings is 2. The number of ether oxygens (including phenoxy) is 1. The highest BCUT2D eigenvalue weighted by molar-refractivity contribution is 5.44. The first-order valence-corrected chi connectivity index (χ1v) is 7.69. The minimum atomic E-state index is 0.252. The second-order valence-corrected chi connectivity index (χ2v) is 5.82. The molecule has 1 unspecified atom stereocenters. The lowest BCUT2D eigenvalue weighted by Crippen LogP contribution is -2.23. The van der Waals surface area contributed by atoms with E-state index in [9.17, 15) is 0 Å². The van der Waals surface area contributed by atoms with Crippen molar-refractivity contribution in [2.75, 3.05) is 6.54 Å². The van der Waals surface area contributed by atoms with Crippen LogP contribution in [0, 0.1) is 13.8 Å². The number of rotatable bonds is 4. The van der Waals surface area contributed by atoms with Gasteiger partial charge in [-0.1, -0.05) is 43.3 Å². The molecule has 21 heavy (non-hydrogen) atoms. The van der Waals surface area contributed by atoms with Crippen molar-refractivity contribution >= 4 is 0 Å². The molecule has 1 aliphatic heterocycles. The van der Waals surface area contributed by atoms with Crippen LogP contribution in [-0.4, -0.2) is 6.54 Å². The summed E-state index contributed by atoms with van der Waals surface area (Å²) in [6.45, 7) is 9.01. The second-order valence-electron chi connectivity index (χ2n) is 5.82. The van der Waals surface area contributed by atoms with Gasteiger partial charge in [-0.15, -0.1) is 0 Å². The van der Waals surface area contributed by atoms with Crippen LogP contribution in [0.2, 0.25) is 0 Å². The highest BCUT2D eigenvalue weighted by atomic mass is 16.5. The fourth-order valence-corrected chi connectivity index (χ4v) is 3.24. The molecule has 2 nitrogen and oxygen atoms in total. The zero-order valence-corrected chi connectivity index (χ0v) is 13.1. The molecule has 1 N–H and O–H groups in total. The monoisotopic (exact) mass is 281 g/mol. The molecular weight excluding hydrogens is 258 g/mol. The molecular formula is C19H23NO. The molecule has 2 aromatic rings. The first-order chi connectivity index (χ1) is 10.2. The molecule has 0 saturated heterocycles. The summed E-state index contributed by atoms with van der Waals surface area (Å²) in [5.41, 5.74) is 8.09. The Bertz CT molecular complexity index is 628. The molecule has 110 valence electrons. The van der Waals surface area contributed by atoms with Gasteiger partial charge in [0.15, 0.2) is 0 Å². The lowest BCUT2D eigenvalue weighted by molar-refractivity contribution is 0.134. The predicted molar refractivity (Wildman–Crippen MR) is 86.4 cm³/mol. The van der Waals surface area contributed by atoms with E-state index in [2.05, 4.69) is 62.5 Å². The summed E-state index contributed by atoms with van der Waals surface area (Å²) in [4.78, 5) is 0. The van der Waals surface area contributed by atoms with Gasteiger partial charge in [0, 0.05) is 0 Å². The quantitative estimate of drug-likeness (QED) is 0.913. The molecule has 1 atom stereocenters. The van der Waals surface area contributed by atoms with E-state index in [0.717, 1.165) is 19.8 Å². The average Bonchev–Trinajstić information content (AvgIpc) is 2.93. The van der Waals surface area contributed by atoms with E-state index < -0.39 is 0 Å². The van der Waals surface area contributed by atoms with Gasteiger partial charge >= 0.3 is 0 Å². The van der Waals surface area contributed by atoms with Gasteiger partial charge in [0.05, 0.1) is 19.3 Å². The Morgan fingerprint density at radius 2 is 1.76 bits per heavy atom. The molecule has 0 saturated carbocycles. The minimum absolute atomic E-state index is 0.252. The normalized spacial score (nSPS) is 15.0. The van der Waals surface area contributed by atoms with Gasteiger partial charge in [0.25, 0.3) is 0 Å². The lowest BCUT2D eigenvalue weighted by Gasteiger charge is -2.23. The zero-order valence-electron chi connectivity index (χ0n) is 13.1. The summed E-state index contributed by atoms with van der Waals surface area (Å²) in [5, 5.41) is 3.65. The van der Waals surface area contributed by atoms with E-state index in [0.29, 0.717) is 0 Å². The van der Waals surface area contributed by atoms with Crippen molar-refractivity contribution in [2.45, 2.75) is 40.0 Å². The van der Waals surface area contributed by atoms with E-state index in [4.69, 9.17) is 4.74 Å². The van der Waals surface area contributed by atoms with Crippen LogP contribution in [0.25, 0.3) is 0 Å². The lowest BCUT2D eigenvalue weighted by atomic mass is 9.90. The minimum Gasteiger partial charge on any atom is -0.372 e. The molecule has 2 heteroatoms. The first kappa shape index (κ1) is 14.3. The van der Waals surface area contributed by atoms with Crippen LogP contribution < -0.4 is 5.32 Å². The Morgan fingerprint density at radius 3 is 2.48 bits per heavy atom. The molecule has 0 fully saturated rings. The maximum Gasteiger partial charge on any atom is 0.0725 e. The fraction of sp³-hybridized carbons (Fsp3) is 0.368. The van der Waals surface area contributed by atoms with Crippen LogP contribution in [0.15, 0.2) is 36.4 Å². The van der Waals surface area contributed by atoms with Crippen molar-refractivity contribution in [3.63, 3.8) is 0 Å².